The van der Waals surface area contributed by atoms with Gasteiger partial charge in [0.05, 0.1) is 18.8 Å². The third-order valence-corrected chi connectivity index (χ3v) is 10.1. The number of aliphatic hydroxyl groups is 2. The molecule has 46 heavy (non-hydrogen) atoms. The predicted octanol–water partition coefficient (Wildman–Crippen LogP) is 12.9. The number of hydrogen-bond acceptors (Lipinski definition) is 3. The molecule has 2 atom stereocenters. The zero-order valence-corrected chi connectivity index (χ0v) is 31.6. The molecule has 0 aliphatic rings. The SMILES string of the molecule is CCCCCCCCCCCCCCCCCCCCCC(O)C(CO)NC(=O)CCCCCCCCCCCCCCCCC. The molecule has 0 saturated carbocycles. The number of carbonyl (C=O) groups excluding carboxylic acids is 1. The Hall–Kier alpha value is -0.610. The fraction of sp³-hybridized carbons (Fsp3) is 0.976. The lowest BCUT2D eigenvalue weighted by molar-refractivity contribution is -0.123. The monoisotopic (exact) mass is 652 g/mol. The average molecular weight is 652 g/mol. The first-order valence-electron chi connectivity index (χ1n) is 21.2. The van der Waals surface area contributed by atoms with Gasteiger partial charge in [-0.05, 0) is 12.8 Å². The largest absolute Gasteiger partial charge is 0.394 e. The molecule has 1 amide bonds. The Labute approximate surface area is 289 Å². The van der Waals surface area contributed by atoms with Crippen molar-refractivity contribution < 1.29 is 15.0 Å². The maximum absolute atomic E-state index is 12.4. The first kappa shape index (κ1) is 45.4. The molecule has 0 aliphatic carbocycles. The molecule has 0 aromatic rings. The van der Waals surface area contributed by atoms with Crippen LogP contribution >= 0.6 is 0 Å². The molecule has 276 valence electrons. The molecular formula is C42H85NO3. The maximum atomic E-state index is 12.4. The normalized spacial score (nSPS) is 12.9. The van der Waals surface area contributed by atoms with Crippen LogP contribution in [0.5, 0.6) is 0 Å². The van der Waals surface area contributed by atoms with Gasteiger partial charge in [-0.1, -0.05) is 226 Å². The summed E-state index contributed by atoms with van der Waals surface area (Å²) in [5.41, 5.74) is 0. The van der Waals surface area contributed by atoms with Gasteiger partial charge in [0.2, 0.25) is 5.91 Å². The van der Waals surface area contributed by atoms with Crippen LogP contribution in [0.4, 0.5) is 0 Å². The van der Waals surface area contributed by atoms with Crippen molar-refractivity contribution in [3.05, 3.63) is 0 Å². The van der Waals surface area contributed by atoms with E-state index in [-0.39, 0.29) is 12.5 Å². The number of rotatable bonds is 39. The van der Waals surface area contributed by atoms with Crippen molar-refractivity contribution in [1.82, 2.24) is 5.32 Å². The van der Waals surface area contributed by atoms with Gasteiger partial charge < -0.3 is 15.5 Å². The summed E-state index contributed by atoms with van der Waals surface area (Å²) in [6, 6.07) is -0.528. The maximum Gasteiger partial charge on any atom is 0.220 e. The number of carbonyl (C=O) groups is 1. The summed E-state index contributed by atoms with van der Waals surface area (Å²) in [6.45, 7) is 4.38. The minimum atomic E-state index is -0.652. The van der Waals surface area contributed by atoms with Crippen LogP contribution in [0.15, 0.2) is 0 Å². The molecule has 4 heteroatoms. The lowest BCUT2D eigenvalue weighted by atomic mass is 10.0. The summed E-state index contributed by atoms with van der Waals surface area (Å²) in [4.78, 5) is 12.4. The summed E-state index contributed by atoms with van der Waals surface area (Å²) < 4.78 is 0. The van der Waals surface area contributed by atoms with Crippen molar-refractivity contribution in [3.8, 4) is 0 Å². The Bertz CT molecular complexity index is 583. The zero-order chi connectivity index (χ0) is 33.6. The smallest absolute Gasteiger partial charge is 0.220 e. The summed E-state index contributed by atoms with van der Waals surface area (Å²) in [6.07, 6.45) is 46.0. The van der Waals surface area contributed by atoms with Gasteiger partial charge in [0.25, 0.3) is 0 Å². The van der Waals surface area contributed by atoms with Crippen LogP contribution in [0.25, 0.3) is 0 Å². The van der Waals surface area contributed by atoms with Crippen LogP contribution in [0.1, 0.15) is 245 Å². The quantitative estimate of drug-likeness (QED) is 0.0579. The van der Waals surface area contributed by atoms with Crippen molar-refractivity contribution in [3.63, 3.8) is 0 Å². The van der Waals surface area contributed by atoms with E-state index in [1.54, 1.807) is 0 Å². The van der Waals surface area contributed by atoms with E-state index in [1.807, 2.05) is 0 Å². The van der Waals surface area contributed by atoms with Crippen molar-refractivity contribution in [2.24, 2.45) is 0 Å². The first-order chi connectivity index (χ1) is 22.7. The van der Waals surface area contributed by atoms with E-state index in [4.69, 9.17) is 0 Å². The van der Waals surface area contributed by atoms with Gasteiger partial charge in [-0.3, -0.25) is 4.79 Å². The van der Waals surface area contributed by atoms with Gasteiger partial charge in [-0.15, -0.1) is 0 Å². The molecule has 3 N–H and O–H groups in total. The van der Waals surface area contributed by atoms with Gasteiger partial charge in [0.15, 0.2) is 0 Å². The van der Waals surface area contributed by atoms with E-state index in [1.165, 1.54) is 193 Å². The number of unbranched alkanes of at least 4 members (excludes halogenated alkanes) is 32. The van der Waals surface area contributed by atoms with Crippen LogP contribution in [0.3, 0.4) is 0 Å². The second-order valence-corrected chi connectivity index (χ2v) is 14.8. The Balaban J connectivity index is 3.47. The predicted molar refractivity (Wildman–Crippen MR) is 203 cm³/mol. The van der Waals surface area contributed by atoms with Crippen molar-refractivity contribution in [2.75, 3.05) is 6.61 Å². The van der Waals surface area contributed by atoms with Crippen LogP contribution in [-0.4, -0.2) is 34.9 Å². The highest BCUT2D eigenvalue weighted by Crippen LogP contribution is 2.17. The van der Waals surface area contributed by atoms with Crippen LogP contribution in [0.2, 0.25) is 0 Å². The second kappa shape index (κ2) is 38.8. The Morgan fingerprint density at radius 2 is 0.696 bits per heavy atom. The Morgan fingerprint density at radius 1 is 0.435 bits per heavy atom. The van der Waals surface area contributed by atoms with Gasteiger partial charge in [-0.25, -0.2) is 0 Å². The van der Waals surface area contributed by atoms with Gasteiger partial charge in [-0.2, -0.15) is 0 Å². The molecular weight excluding hydrogens is 566 g/mol. The van der Waals surface area contributed by atoms with Gasteiger partial charge >= 0.3 is 0 Å². The average Bonchev–Trinajstić information content (AvgIpc) is 3.06. The van der Waals surface area contributed by atoms with Crippen LogP contribution in [-0.2, 0) is 4.79 Å². The number of nitrogens with one attached hydrogen (secondary N) is 1. The fourth-order valence-electron chi connectivity index (χ4n) is 6.83. The van der Waals surface area contributed by atoms with Crippen molar-refractivity contribution in [2.45, 2.75) is 257 Å². The molecule has 0 heterocycles. The van der Waals surface area contributed by atoms with Crippen molar-refractivity contribution in [1.29, 1.82) is 0 Å². The molecule has 0 fully saturated rings. The van der Waals surface area contributed by atoms with Gasteiger partial charge in [0.1, 0.15) is 0 Å². The number of hydrogen-bond donors (Lipinski definition) is 3. The van der Waals surface area contributed by atoms with Gasteiger partial charge in [0, 0.05) is 6.42 Å². The summed E-state index contributed by atoms with van der Waals surface area (Å²) in [5.74, 6) is -0.0269. The molecule has 0 saturated heterocycles. The lowest BCUT2D eigenvalue weighted by Crippen LogP contribution is -2.45. The molecule has 0 bridgehead atoms. The van der Waals surface area contributed by atoms with Crippen molar-refractivity contribution >= 4 is 5.91 Å². The highest BCUT2D eigenvalue weighted by molar-refractivity contribution is 5.76. The first-order valence-corrected chi connectivity index (χ1v) is 21.2. The number of aliphatic hydroxyl groups excluding tert-OH is 2. The molecule has 2 unspecified atom stereocenters. The lowest BCUT2D eigenvalue weighted by Gasteiger charge is -2.22. The topological polar surface area (TPSA) is 69.6 Å². The summed E-state index contributed by atoms with van der Waals surface area (Å²) in [5, 5.41) is 23.2. The molecule has 0 aliphatic heterocycles. The van der Waals surface area contributed by atoms with E-state index in [2.05, 4.69) is 19.2 Å². The Kier molecular flexibility index (Phi) is 38.3. The van der Waals surface area contributed by atoms with Crippen LogP contribution in [0, 0.1) is 0 Å². The summed E-state index contributed by atoms with van der Waals surface area (Å²) >= 11 is 0. The van der Waals surface area contributed by atoms with E-state index < -0.39 is 12.1 Å². The highest BCUT2D eigenvalue weighted by atomic mass is 16.3. The van der Waals surface area contributed by atoms with E-state index >= 15 is 0 Å². The fourth-order valence-corrected chi connectivity index (χ4v) is 6.83. The van der Waals surface area contributed by atoms with E-state index in [0.717, 1.165) is 25.7 Å². The Morgan fingerprint density at radius 3 is 0.978 bits per heavy atom. The third-order valence-electron chi connectivity index (χ3n) is 10.1. The second-order valence-electron chi connectivity index (χ2n) is 14.8. The molecule has 0 aromatic heterocycles. The minimum absolute atomic E-state index is 0.0269. The molecule has 0 spiro atoms. The zero-order valence-electron chi connectivity index (χ0n) is 31.6. The van der Waals surface area contributed by atoms with E-state index in [9.17, 15) is 15.0 Å². The minimum Gasteiger partial charge on any atom is -0.394 e. The molecule has 0 aromatic carbocycles. The van der Waals surface area contributed by atoms with E-state index in [0.29, 0.717) is 12.8 Å². The standard InChI is InChI=1S/C42H85NO3/c1-3-5-7-9-11-13-15-17-19-20-21-22-24-25-27-29-31-33-35-37-41(45)40(39-44)43-42(46)38-36-34-32-30-28-26-23-18-16-14-12-10-8-6-4-2/h40-41,44-45H,3-39H2,1-2H3,(H,43,46). The molecule has 4 nitrogen and oxygen atoms in total. The third kappa shape index (κ3) is 34.7. The molecule has 0 rings (SSSR count). The molecule has 0 radical (unpaired) electrons. The number of amides is 1. The highest BCUT2D eigenvalue weighted by Gasteiger charge is 2.20. The summed E-state index contributed by atoms with van der Waals surface area (Å²) in [7, 11) is 0. The van der Waals surface area contributed by atoms with Crippen LogP contribution < -0.4 is 5.32 Å².